The lowest BCUT2D eigenvalue weighted by atomic mass is 9.85. The molecule has 2 saturated heterocycles. The number of aromatic nitrogens is 1. The Hall–Kier alpha value is -3.37. The van der Waals surface area contributed by atoms with Crippen molar-refractivity contribution < 1.29 is 28.5 Å². The van der Waals surface area contributed by atoms with Crippen LogP contribution in [0.1, 0.15) is 24.0 Å². The van der Waals surface area contributed by atoms with E-state index in [4.69, 9.17) is 18.9 Å². The minimum atomic E-state index is -0.846. The number of ether oxygens (including phenoxy) is 4. The SMILES string of the molecule is COCCN1C(=O)N(Cc2cccnc2)C(=O)C12CCN(Cc1cc(OC)c3c(c1)OCO3)CC2. The normalized spacial score (nSPS) is 19.1. The van der Waals surface area contributed by atoms with Gasteiger partial charge in [0, 0.05) is 45.7 Å². The van der Waals surface area contributed by atoms with E-state index >= 15 is 0 Å². The van der Waals surface area contributed by atoms with Crippen molar-refractivity contribution in [2.24, 2.45) is 0 Å². The molecular formula is C25H30N4O6. The highest BCUT2D eigenvalue weighted by Gasteiger charge is 2.57. The van der Waals surface area contributed by atoms with Crippen LogP contribution < -0.4 is 14.2 Å². The topological polar surface area (TPSA) is 93.7 Å². The molecule has 0 atom stereocenters. The number of benzene rings is 1. The number of fused-ring (bicyclic) bond motifs is 1. The van der Waals surface area contributed by atoms with E-state index in [-0.39, 0.29) is 25.3 Å². The van der Waals surface area contributed by atoms with Gasteiger partial charge in [0.25, 0.3) is 5.91 Å². The van der Waals surface area contributed by atoms with E-state index in [0.29, 0.717) is 62.9 Å². The quantitative estimate of drug-likeness (QED) is 0.529. The molecule has 1 aromatic carbocycles. The smallest absolute Gasteiger partial charge is 0.328 e. The zero-order chi connectivity index (χ0) is 24.4. The van der Waals surface area contributed by atoms with E-state index < -0.39 is 5.54 Å². The summed E-state index contributed by atoms with van der Waals surface area (Å²) in [6.45, 7) is 3.21. The van der Waals surface area contributed by atoms with Gasteiger partial charge in [0.2, 0.25) is 12.5 Å². The van der Waals surface area contributed by atoms with E-state index in [1.54, 1.807) is 31.5 Å². The van der Waals surface area contributed by atoms with Crippen LogP contribution in [0.25, 0.3) is 0 Å². The first kappa shape index (κ1) is 23.4. The van der Waals surface area contributed by atoms with Crippen molar-refractivity contribution in [2.75, 3.05) is 47.3 Å². The van der Waals surface area contributed by atoms with Gasteiger partial charge in [-0.15, -0.1) is 0 Å². The molecule has 3 aliphatic heterocycles. The highest BCUT2D eigenvalue weighted by atomic mass is 16.7. The van der Waals surface area contributed by atoms with Crippen LogP contribution in [0, 0.1) is 0 Å². The van der Waals surface area contributed by atoms with Crippen LogP contribution in [0.5, 0.6) is 17.2 Å². The summed E-state index contributed by atoms with van der Waals surface area (Å²) in [5.74, 6) is 1.83. The van der Waals surface area contributed by atoms with Gasteiger partial charge in [0.1, 0.15) is 5.54 Å². The summed E-state index contributed by atoms with van der Waals surface area (Å²) in [6, 6.07) is 7.36. The average Bonchev–Trinajstić information content (AvgIpc) is 3.42. The standard InChI is InChI=1S/C25H30N4O6/c1-32-11-10-29-24(31)28(16-18-4-3-7-26-14-18)23(30)25(29)5-8-27(9-6-25)15-19-12-20(33-2)22-21(13-19)34-17-35-22/h3-4,7,12-14H,5-6,8-11,15-17H2,1-2H3. The lowest BCUT2D eigenvalue weighted by Gasteiger charge is -2.42. The first-order chi connectivity index (χ1) is 17.1. The lowest BCUT2D eigenvalue weighted by molar-refractivity contribution is -0.136. The number of likely N-dealkylation sites (tertiary alicyclic amines) is 1. The van der Waals surface area contributed by atoms with Crippen LogP contribution in [0.2, 0.25) is 0 Å². The number of nitrogens with zero attached hydrogens (tertiary/aromatic N) is 4. The van der Waals surface area contributed by atoms with Crippen molar-refractivity contribution in [2.45, 2.75) is 31.5 Å². The molecular weight excluding hydrogens is 452 g/mol. The highest BCUT2D eigenvalue weighted by molar-refractivity contribution is 6.07. The molecule has 0 radical (unpaired) electrons. The maximum Gasteiger partial charge on any atom is 0.328 e. The van der Waals surface area contributed by atoms with E-state index in [1.165, 1.54) is 4.90 Å². The summed E-state index contributed by atoms with van der Waals surface area (Å²) in [6.07, 6.45) is 4.49. The molecule has 186 valence electrons. The van der Waals surface area contributed by atoms with Gasteiger partial charge in [0.05, 0.1) is 20.3 Å². The fourth-order valence-corrected chi connectivity index (χ4v) is 5.19. The van der Waals surface area contributed by atoms with Crippen LogP contribution in [-0.2, 0) is 22.6 Å². The minimum Gasteiger partial charge on any atom is -0.493 e. The summed E-state index contributed by atoms with van der Waals surface area (Å²) in [5.41, 5.74) is 1.03. The number of rotatable bonds is 8. The molecule has 0 aliphatic carbocycles. The van der Waals surface area contributed by atoms with Crippen molar-refractivity contribution in [3.63, 3.8) is 0 Å². The molecule has 2 fully saturated rings. The Morgan fingerprint density at radius 2 is 1.91 bits per heavy atom. The Kier molecular flexibility index (Phi) is 6.48. The molecule has 10 nitrogen and oxygen atoms in total. The van der Waals surface area contributed by atoms with Gasteiger partial charge < -0.3 is 23.8 Å². The number of carbonyl (C=O) groups is 2. The van der Waals surface area contributed by atoms with Crippen molar-refractivity contribution >= 4 is 11.9 Å². The molecule has 0 bridgehead atoms. The molecule has 1 spiro atoms. The Morgan fingerprint density at radius 3 is 2.63 bits per heavy atom. The number of hydrogen-bond acceptors (Lipinski definition) is 8. The van der Waals surface area contributed by atoms with Gasteiger partial charge >= 0.3 is 6.03 Å². The molecule has 3 amide bonds. The minimum absolute atomic E-state index is 0.133. The molecule has 4 heterocycles. The number of hydrogen-bond donors (Lipinski definition) is 0. The molecule has 0 N–H and O–H groups in total. The van der Waals surface area contributed by atoms with Crippen molar-refractivity contribution in [3.8, 4) is 17.2 Å². The maximum absolute atomic E-state index is 13.7. The second kappa shape index (κ2) is 9.71. The molecule has 0 unspecified atom stereocenters. The first-order valence-electron chi connectivity index (χ1n) is 11.8. The number of imide groups is 1. The largest absolute Gasteiger partial charge is 0.493 e. The monoisotopic (exact) mass is 482 g/mol. The second-order valence-electron chi connectivity index (χ2n) is 9.02. The highest BCUT2D eigenvalue weighted by Crippen LogP contribution is 2.43. The number of carbonyl (C=O) groups excluding carboxylic acids is 2. The van der Waals surface area contributed by atoms with Gasteiger partial charge in [0.15, 0.2) is 11.5 Å². The lowest BCUT2D eigenvalue weighted by Crippen LogP contribution is -2.57. The van der Waals surface area contributed by atoms with Gasteiger partial charge in [-0.2, -0.15) is 0 Å². The van der Waals surface area contributed by atoms with Crippen LogP contribution in [0.4, 0.5) is 4.79 Å². The molecule has 35 heavy (non-hydrogen) atoms. The maximum atomic E-state index is 13.7. The van der Waals surface area contributed by atoms with E-state index in [1.807, 2.05) is 24.3 Å². The van der Waals surface area contributed by atoms with Crippen LogP contribution >= 0.6 is 0 Å². The Balaban J connectivity index is 1.31. The van der Waals surface area contributed by atoms with Crippen LogP contribution in [0.15, 0.2) is 36.7 Å². The van der Waals surface area contributed by atoms with Crippen molar-refractivity contribution in [1.82, 2.24) is 19.7 Å². The molecule has 5 rings (SSSR count). The summed E-state index contributed by atoms with van der Waals surface area (Å²) in [7, 11) is 3.21. The summed E-state index contributed by atoms with van der Waals surface area (Å²) in [5, 5.41) is 0. The average molecular weight is 483 g/mol. The van der Waals surface area contributed by atoms with Gasteiger partial charge in [-0.1, -0.05) is 6.07 Å². The third-order valence-electron chi connectivity index (χ3n) is 7.01. The Bertz CT molecular complexity index is 1090. The van der Waals surface area contributed by atoms with Gasteiger partial charge in [-0.25, -0.2) is 4.79 Å². The molecule has 10 heteroatoms. The van der Waals surface area contributed by atoms with Crippen LogP contribution in [-0.4, -0.2) is 84.4 Å². The second-order valence-corrected chi connectivity index (χ2v) is 9.02. The zero-order valence-electron chi connectivity index (χ0n) is 20.1. The first-order valence-corrected chi connectivity index (χ1v) is 11.8. The third-order valence-corrected chi connectivity index (χ3v) is 7.01. The summed E-state index contributed by atoms with van der Waals surface area (Å²) < 4.78 is 21.8. The number of amides is 3. The van der Waals surface area contributed by atoms with Crippen molar-refractivity contribution in [1.29, 1.82) is 0 Å². The predicted octanol–water partition coefficient (Wildman–Crippen LogP) is 2.26. The zero-order valence-corrected chi connectivity index (χ0v) is 20.1. The van der Waals surface area contributed by atoms with E-state index in [2.05, 4.69) is 9.88 Å². The number of methoxy groups -OCH3 is 2. The van der Waals surface area contributed by atoms with E-state index in [9.17, 15) is 9.59 Å². The molecule has 0 saturated carbocycles. The number of piperidine rings is 1. The predicted molar refractivity (Wildman–Crippen MR) is 125 cm³/mol. The fourth-order valence-electron chi connectivity index (χ4n) is 5.19. The summed E-state index contributed by atoms with van der Waals surface area (Å²) in [4.78, 5) is 36.5. The molecule has 1 aromatic heterocycles. The van der Waals surface area contributed by atoms with Gasteiger partial charge in [-0.05, 0) is 42.2 Å². The molecule has 3 aliphatic rings. The van der Waals surface area contributed by atoms with E-state index in [0.717, 1.165) is 11.1 Å². The van der Waals surface area contributed by atoms with Gasteiger partial charge in [-0.3, -0.25) is 19.6 Å². The van der Waals surface area contributed by atoms with Crippen LogP contribution in [0.3, 0.4) is 0 Å². The Labute approximate surface area is 204 Å². The number of urea groups is 1. The number of pyridine rings is 1. The Morgan fingerprint density at radius 1 is 1.09 bits per heavy atom. The summed E-state index contributed by atoms with van der Waals surface area (Å²) >= 11 is 0. The third kappa shape index (κ3) is 4.28. The molecule has 2 aromatic rings. The fraction of sp³-hybridized carbons (Fsp3) is 0.480. The van der Waals surface area contributed by atoms with Crippen molar-refractivity contribution in [3.05, 3.63) is 47.8 Å².